The van der Waals surface area contributed by atoms with Gasteiger partial charge in [-0.05, 0) is 36.4 Å². The summed E-state index contributed by atoms with van der Waals surface area (Å²) in [7, 11) is -0.777. The number of aromatic nitrogens is 2. The molecule has 0 bridgehead atoms. The fourth-order valence-corrected chi connectivity index (χ4v) is 5.40. The second-order valence-corrected chi connectivity index (χ2v) is 9.24. The highest BCUT2D eigenvalue weighted by molar-refractivity contribution is 7.92. The molecule has 4 rings (SSSR count). The van der Waals surface area contributed by atoms with Crippen molar-refractivity contribution in [3.63, 3.8) is 0 Å². The van der Waals surface area contributed by atoms with Gasteiger partial charge < -0.3 is 14.8 Å². The molecule has 1 unspecified atom stereocenters. The van der Waals surface area contributed by atoms with Gasteiger partial charge in [-0.3, -0.25) is 4.31 Å². The molecule has 0 saturated carbocycles. The lowest BCUT2D eigenvalue weighted by Crippen LogP contribution is -2.31. The Morgan fingerprint density at radius 3 is 2.58 bits per heavy atom. The van der Waals surface area contributed by atoms with Crippen LogP contribution in [0.3, 0.4) is 0 Å². The van der Waals surface area contributed by atoms with Crippen LogP contribution in [-0.4, -0.2) is 52.2 Å². The average molecular weight is 477 g/mol. The van der Waals surface area contributed by atoms with Crippen molar-refractivity contribution in [1.29, 1.82) is 0 Å². The van der Waals surface area contributed by atoms with Crippen molar-refractivity contribution in [2.75, 3.05) is 31.6 Å². The Bertz CT molecular complexity index is 1240. The van der Waals surface area contributed by atoms with E-state index in [4.69, 9.17) is 4.74 Å². The summed E-state index contributed by atoms with van der Waals surface area (Å²) in [5, 5.41) is 3.09. The molecule has 8 nitrogen and oxygen atoms in total. The molecule has 0 amide bonds. The molecule has 0 radical (unpaired) electrons. The van der Waals surface area contributed by atoms with Crippen LogP contribution in [0.1, 0.15) is 11.5 Å². The third kappa shape index (κ3) is 4.60. The molecule has 1 aliphatic heterocycles. The number of hydrogen-bond donors (Lipinski definition) is 1. The van der Waals surface area contributed by atoms with Gasteiger partial charge in [-0.1, -0.05) is 18.2 Å². The monoisotopic (exact) mass is 476 g/mol. The minimum atomic E-state index is -4.04. The number of fused-ring (bicyclic) bond motifs is 1. The van der Waals surface area contributed by atoms with Crippen LogP contribution in [0.25, 0.3) is 11.1 Å². The second kappa shape index (κ2) is 9.28. The summed E-state index contributed by atoms with van der Waals surface area (Å²) >= 11 is 0. The summed E-state index contributed by atoms with van der Waals surface area (Å²) in [5.41, 5.74) is 2.81. The van der Waals surface area contributed by atoms with E-state index in [1.165, 1.54) is 29.6 Å². The Morgan fingerprint density at radius 1 is 1.15 bits per heavy atom. The normalized spacial score (nSPS) is 15.5. The number of rotatable bonds is 8. The fourth-order valence-electron chi connectivity index (χ4n) is 3.84. The van der Waals surface area contributed by atoms with Crippen molar-refractivity contribution in [2.24, 2.45) is 0 Å². The zero-order valence-electron chi connectivity index (χ0n) is 17.9. The van der Waals surface area contributed by atoms with Gasteiger partial charge in [0.15, 0.2) is 0 Å². The number of ether oxygens (including phenoxy) is 2. The van der Waals surface area contributed by atoms with Crippen LogP contribution in [0.4, 0.5) is 14.5 Å². The summed E-state index contributed by atoms with van der Waals surface area (Å²) < 4.78 is 63.0. The van der Waals surface area contributed by atoms with Gasteiger partial charge in [0.2, 0.25) is 0 Å². The third-order valence-corrected chi connectivity index (χ3v) is 7.11. The van der Waals surface area contributed by atoms with Gasteiger partial charge in [-0.15, -0.1) is 0 Å². The summed E-state index contributed by atoms with van der Waals surface area (Å²) in [4.78, 5) is 8.09. The zero-order valence-corrected chi connectivity index (χ0v) is 18.7. The van der Waals surface area contributed by atoms with Gasteiger partial charge in [0.25, 0.3) is 10.0 Å². The number of hydrogen-bond acceptors (Lipinski definition) is 7. The lowest BCUT2D eigenvalue weighted by molar-refractivity contribution is -0.0499. The molecule has 1 atom stereocenters. The first-order valence-electron chi connectivity index (χ1n) is 10.1. The number of nitrogens with one attached hydrogen (secondary N) is 1. The maximum absolute atomic E-state index is 13.5. The lowest BCUT2D eigenvalue weighted by atomic mass is 9.98. The highest BCUT2D eigenvalue weighted by Crippen LogP contribution is 2.42. The molecule has 1 aliphatic rings. The highest BCUT2D eigenvalue weighted by Gasteiger charge is 2.36. The zero-order chi connectivity index (χ0) is 23.6. The lowest BCUT2D eigenvalue weighted by Gasteiger charge is -2.21. The van der Waals surface area contributed by atoms with E-state index in [2.05, 4.69) is 20.0 Å². The van der Waals surface area contributed by atoms with Gasteiger partial charge >= 0.3 is 12.6 Å². The Hall–Kier alpha value is -3.31. The van der Waals surface area contributed by atoms with E-state index in [0.29, 0.717) is 17.8 Å². The maximum atomic E-state index is 13.5. The largest absolute Gasteiger partial charge is 0.467 e. The van der Waals surface area contributed by atoms with E-state index in [1.807, 2.05) is 12.1 Å². The molecule has 0 aliphatic carbocycles. The third-order valence-electron chi connectivity index (χ3n) is 5.34. The first-order chi connectivity index (χ1) is 15.8. The number of nitrogens with zero attached hydrogens (tertiary/aromatic N) is 3. The summed E-state index contributed by atoms with van der Waals surface area (Å²) in [6, 6.07) is 10.9. The van der Waals surface area contributed by atoms with Crippen LogP contribution in [0.2, 0.25) is 0 Å². The fraction of sp³-hybridized carbons (Fsp3) is 0.273. The Balaban J connectivity index is 1.76. The van der Waals surface area contributed by atoms with Crippen molar-refractivity contribution in [3.8, 4) is 22.9 Å². The quantitative estimate of drug-likeness (QED) is 0.533. The Morgan fingerprint density at radius 2 is 1.91 bits per heavy atom. The summed E-state index contributed by atoms with van der Waals surface area (Å²) in [6.07, 6.45) is 3.19. The van der Waals surface area contributed by atoms with Crippen molar-refractivity contribution < 1.29 is 26.7 Å². The van der Waals surface area contributed by atoms with Crippen LogP contribution < -0.4 is 19.1 Å². The van der Waals surface area contributed by atoms with Gasteiger partial charge in [-0.25, -0.2) is 18.4 Å². The second-order valence-electron chi connectivity index (χ2n) is 7.38. The van der Waals surface area contributed by atoms with E-state index in [-0.39, 0.29) is 29.1 Å². The van der Waals surface area contributed by atoms with Gasteiger partial charge in [0, 0.05) is 43.0 Å². The molecule has 1 aromatic heterocycles. The van der Waals surface area contributed by atoms with E-state index in [0.717, 1.165) is 17.2 Å². The van der Waals surface area contributed by atoms with Crippen LogP contribution in [0.15, 0.2) is 59.8 Å². The highest BCUT2D eigenvalue weighted by atomic mass is 32.2. The molecule has 174 valence electrons. The van der Waals surface area contributed by atoms with Crippen molar-refractivity contribution in [3.05, 3.63) is 60.4 Å². The predicted octanol–water partition coefficient (Wildman–Crippen LogP) is 3.27. The van der Waals surface area contributed by atoms with Gasteiger partial charge in [0.1, 0.15) is 5.75 Å². The molecule has 0 spiro atoms. The van der Waals surface area contributed by atoms with Gasteiger partial charge in [0.05, 0.1) is 17.7 Å². The van der Waals surface area contributed by atoms with Crippen molar-refractivity contribution in [2.45, 2.75) is 17.4 Å². The number of alkyl halides is 2. The number of sulfonamides is 1. The number of methoxy groups -OCH3 is 1. The Kier molecular flexibility index (Phi) is 6.43. The average Bonchev–Trinajstić information content (AvgIpc) is 3.18. The van der Waals surface area contributed by atoms with Crippen LogP contribution in [0.5, 0.6) is 11.8 Å². The smallest absolute Gasteiger partial charge is 0.387 e. The molecule has 0 fully saturated rings. The molecule has 2 aromatic carbocycles. The molecule has 11 heteroatoms. The molecule has 1 N–H and O–H groups in total. The molecular weight excluding hydrogens is 454 g/mol. The van der Waals surface area contributed by atoms with Gasteiger partial charge in [-0.2, -0.15) is 8.78 Å². The standard InChI is InChI=1S/C22H22F2N4O4S/c1-25-10-16-13-28(33(29,30)18-5-3-4-17(9-18)32-21(23)24)20-8-14(6-7-19(16)20)15-11-26-22(31-2)27-12-15/h3-9,11-12,16,21,25H,10,13H2,1-2H3. The minimum Gasteiger partial charge on any atom is -0.467 e. The van der Waals surface area contributed by atoms with Crippen LogP contribution in [-0.2, 0) is 10.0 Å². The molecular formula is C22H22F2N4O4S. The first-order valence-corrected chi connectivity index (χ1v) is 11.5. The van der Waals surface area contributed by atoms with E-state index < -0.39 is 16.6 Å². The maximum Gasteiger partial charge on any atom is 0.387 e. The molecule has 2 heterocycles. The summed E-state index contributed by atoms with van der Waals surface area (Å²) in [5.74, 6) is -0.303. The molecule has 3 aromatic rings. The van der Waals surface area contributed by atoms with E-state index >= 15 is 0 Å². The SMILES string of the molecule is CNCC1CN(S(=O)(=O)c2cccc(OC(F)F)c2)c2cc(-c3cnc(OC)nc3)ccc21. The van der Waals surface area contributed by atoms with Crippen LogP contribution in [0, 0.1) is 0 Å². The Labute approximate surface area is 190 Å². The first kappa shape index (κ1) is 22.9. The predicted molar refractivity (Wildman–Crippen MR) is 118 cm³/mol. The number of benzene rings is 2. The molecule has 33 heavy (non-hydrogen) atoms. The van der Waals surface area contributed by atoms with Crippen molar-refractivity contribution in [1.82, 2.24) is 15.3 Å². The summed E-state index contributed by atoms with van der Waals surface area (Å²) in [6.45, 7) is -2.27. The van der Waals surface area contributed by atoms with E-state index in [9.17, 15) is 17.2 Å². The van der Waals surface area contributed by atoms with Crippen LogP contribution >= 0.6 is 0 Å². The van der Waals surface area contributed by atoms with Crippen molar-refractivity contribution >= 4 is 15.7 Å². The topological polar surface area (TPSA) is 93.7 Å². The van der Waals surface area contributed by atoms with E-state index in [1.54, 1.807) is 25.5 Å². The number of halogens is 2. The number of likely N-dealkylation sites (N-methyl/N-ethyl adjacent to an activating group) is 1. The minimum absolute atomic E-state index is 0.0820. The number of anilines is 1. The molecule has 0 saturated heterocycles.